The van der Waals surface area contributed by atoms with E-state index in [2.05, 4.69) is 5.32 Å². The van der Waals surface area contributed by atoms with Gasteiger partial charge in [-0.2, -0.15) is 4.31 Å². The van der Waals surface area contributed by atoms with Gasteiger partial charge < -0.3 is 9.88 Å². The first-order chi connectivity index (χ1) is 11.0. The van der Waals surface area contributed by atoms with Crippen LogP contribution < -0.4 is 5.32 Å². The van der Waals surface area contributed by atoms with Crippen molar-refractivity contribution < 1.29 is 8.42 Å². The van der Waals surface area contributed by atoms with Gasteiger partial charge in [-0.25, -0.2) is 8.42 Å². The van der Waals surface area contributed by atoms with Gasteiger partial charge >= 0.3 is 0 Å². The second-order valence-electron chi connectivity index (χ2n) is 6.80. The van der Waals surface area contributed by atoms with Gasteiger partial charge in [-0.3, -0.25) is 0 Å². The fourth-order valence-corrected chi connectivity index (χ4v) is 6.07. The van der Waals surface area contributed by atoms with Crippen molar-refractivity contribution in [1.29, 1.82) is 0 Å². The lowest BCUT2D eigenvalue weighted by Gasteiger charge is -2.41. The predicted octanol–water partition coefficient (Wildman–Crippen LogP) is 2.00. The monoisotopic (exact) mass is 333 g/mol. The third-order valence-corrected chi connectivity index (χ3v) is 7.37. The molecule has 1 aromatic heterocycles. The topological polar surface area (TPSA) is 54.3 Å². The van der Waals surface area contributed by atoms with E-state index in [0.29, 0.717) is 30.1 Å². The highest BCUT2D eigenvalue weighted by Gasteiger charge is 2.38. The average Bonchev–Trinajstić information content (AvgIpc) is 2.79. The summed E-state index contributed by atoms with van der Waals surface area (Å²) in [5, 5.41) is 4.38. The maximum atomic E-state index is 13.4. The Bertz CT molecular complexity index is 844. The van der Waals surface area contributed by atoms with Crippen LogP contribution in [0.5, 0.6) is 0 Å². The van der Waals surface area contributed by atoms with Gasteiger partial charge in [0.05, 0.1) is 0 Å². The highest BCUT2D eigenvalue weighted by atomic mass is 32.2. The van der Waals surface area contributed by atoms with Crippen molar-refractivity contribution in [3.8, 4) is 0 Å². The molecule has 1 aromatic carbocycles. The molecule has 4 rings (SSSR count). The molecule has 23 heavy (non-hydrogen) atoms. The highest BCUT2D eigenvalue weighted by molar-refractivity contribution is 7.89. The number of hydrogen-bond donors (Lipinski definition) is 1. The molecule has 2 bridgehead atoms. The summed E-state index contributed by atoms with van der Waals surface area (Å²) in [6.07, 6.45) is 3.33. The molecule has 2 aromatic rings. The molecule has 2 saturated heterocycles. The average molecular weight is 333 g/mol. The zero-order chi connectivity index (χ0) is 16.2. The molecule has 0 aliphatic carbocycles. The minimum absolute atomic E-state index is 0.299. The van der Waals surface area contributed by atoms with E-state index in [4.69, 9.17) is 0 Å². The molecule has 2 aliphatic heterocycles. The van der Waals surface area contributed by atoms with Crippen LogP contribution in [0, 0.1) is 6.92 Å². The number of nitrogens with zero attached hydrogens (tertiary/aromatic N) is 2. The molecule has 0 radical (unpaired) electrons. The lowest BCUT2D eigenvalue weighted by atomic mass is 9.96. The first-order valence-electron chi connectivity index (χ1n) is 8.28. The summed E-state index contributed by atoms with van der Waals surface area (Å²) in [4.78, 5) is 0.482. The van der Waals surface area contributed by atoms with Crippen LogP contribution in [0.3, 0.4) is 0 Å². The van der Waals surface area contributed by atoms with Crippen LogP contribution in [0.2, 0.25) is 0 Å². The standard InChI is InChI=1S/C17H23N3O2S/c1-12-17(15-8-3-4-9-16(15)19(12)2)23(21,22)20-10-13-6-5-7-14(11-20)18-13/h3-4,8-9,13-14,18H,5-7,10-11H2,1-2H3. The van der Waals surface area contributed by atoms with Gasteiger partial charge in [0.25, 0.3) is 0 Å². The van der Waals surface area contributed by atoms with Gasteiger partial charge in [-0.05, 0) is 25.8 Å². The van der Waals surface area contributed by atoms with Crippen LogP contribution in [-0.2, 0) is 17.1 Å². The number of piperidine rings is 1. The Morgan fingerprint density at radius 1 is 1.13 bits per heavy atom. The number of benzene rings is 1. The molecule has 2 atom stereocenters. The van der Waals surface area contributed by atoms with E-state index in [0.717, 1.165) is 29.4 Å². The summed E-state index contributed by atoms with van der Waals surface area (Å²) in [5.41, 5.74) is 1.79. The smallest absolute Gasteiger partial charge is 0.245 e. The fourth-order valence-electron chi connectivity index (χ4n) is 4.10. The summed E-state index contributed by atoms with van der Waals surface area (Å²) in [7, 11) is -1.53. The molecule has 2 fully saturated rings. The van der Waals surface area contributed by atoms with Crippen molar-refractivity contribution in [2.75, 3.05) is 13.1 Å². The Labute approximate surface area is 137 Å². The number of nitrogens with one attached hydrogen (secondary N) is 1. The minimum atomic E-state index is -3.47. The van der Waals surface area contributed by atoms with Crippen LogP contribution in [0.25, 0.3) is 10.9 Å². The van der Waals surface area contributed by atoms with Crippen molar-refractivity contribution in [3.63, 3.8) is 0 Å². The number of sulfonamides is 1. The maximum absolute atomic E-state index is 13.4. The van der Waals surface area contributed by atoms with Crippen LogP contribution in [0.15, 0.2) is 29.2 Å². The van der Waals surface area contributed by atoms with Crippen LogP contribution in [0.1, 0.15) is 25.0 Å². The molecule has 0 amide bonds. The third-order valence-electron chi connectivity index (χ3n) is 5.36. The summed E-state index contributed by atoms with van der Waals surface area (Å²) < 4.78 is 30.4. The minimum Gasteiger partial charge on any atom is -0.347 e. The molecule has 6 heteroatoms. The number of fused-ring (bicyclic) bond motifs is 3. The molecule has 2 aliphatic rings. The Balaban J connectivity index is 1.82. The second-order valence-corrected chi connectivity index (χ2v) is 8.68. The van der Waals surface area contributed by atoms with Gasteiger partial charge in [0, 0.05) is 48.8 Å². The number of aromatic nitrogens is 1. The van der Waals surface area contributed by atoms with Gasteiger partial charge in [0.2, 0.25) is 10.0 Å². The Morgan fingerprint density at radius 2 is 1.78 bits per heavy atom. The van der Waals surface area contributed by atoms with Crippen molar-refractivity contribution >= 4 is 20.9 Å². The summed E-state index contributed by atoms with van der Waals surface area (Å²) in [6, 6.07) is 8.35. The van der Waals surface area contributed by atoms with E-state index in [-0.39, 0.29) is 0 Å². The SMILES string of the molecule is Cc1c(S(=O)(=O)N2CC3CCCC(C2)N3)c2ccccc2n1C. The molecule has 1 N–H and O–H groups in total. The molecule has 0 saturated carbocycles. The van der Waals surface area contributed by atoms with E-state index in [9.17, 15) is 8.42 Å². The number of aryl methyl sites for hydroxylation is 1. The van der Waals surface area contributed by atoms with E-state index < -0.39 is 10.0 Å². The maximum Gasteiger partial charge on any atom is 0.245 e. The lowest BCUT2D eigenvalue weighted by molar-refractivity contribution is 0.190. The van der Waals surface area contributed by atoms with Gasteiger partial charge in [0.1, 0.15) is 4.90 Å². The number of rotatable bonds is 2. The molecule has 0 spiro atoms. The first kappa shape index (κ1) is 15.2. The molecule has 2 unspecified atom stereocenters. The molecule has 124 valence electrons. The molecular formula is C17H23N3O2S. The van der Waals surface area contributed by atoms with Gasteiger partial charge in [0.15, 0.2) is 0 Å². The predicted molar refractivity (Wildman–Crippen MR) is 91.0 cm³/mol. The highest BCUT2D eigenvalue weighted by Crippen LogP contribution is 2.33. The summed E-state index contributed by atoms with van der Waals surface area (Å²) in [5.74, 6) is 0. The first-order valence-corrected chi connectivity index (χ1v) is 9.72. The van der Waals surface area contributed by atoms with E-state index >= 15 is 0 Å². The quantitative estimate of drug-likeness (QED) is 0.914. The van der Waals surface area contributed by atoms with Crippen molar-refractivity contribution in [2.24, 2.45) is 7.05 Å². The Kier molecular flexibility index (Phi) is 3.51. The summed E-state index contributed by atoms with van der Waals surface area (Å²) in [6.45, 7) is 3.07. The molecule has 3 heterocycles. The largest absolute Gasteiger partial charge is 0.347 e. The van der Waals surface area contributed by atoms with Crippen molar-refractivity contribution in [1.82, 2.24) is 14.2 Å². The Morgan fingerprint density at radius 3 is 2.48 bits per heavy atom. The van der Waals surface area contributed by atoms with Crippen LogP contribution in [0.4, 0.5) is 0 Å². The molecular weight excluding hydrogens is 310 g/mol. The van der Waals surface area contributed by atoms with Gasteiger partial charge in [-0.15, -0.1) is 0 Å². The number of para-hydroxylation sites is 1. The number of piperazine rings is 1. The van der Waals surface area contributed by atoms with Crippen LogP contribution in [-0.4, -0.2) is 42.5 Å². The van der Waals surface area contributed by atoms with Crippen LogP contribution >= 0.6 is 0 Å². The summed E-state index contributed by atoms with van der Waals surface area (Å²) >= 11 is 0. The fraction of sp³-hybridized carbons (Fsp3) is 0.529. The zero-order valence-corrected chi connectivity index (χ0v) is 14.4. The lowest BCUT2D eigenvalue weighted by Crippen LogP contribution is -2.59. The molecule has 5 nitrogen and oxygen atoms in total. The van der Waals surface area contributed by atoms with Crippen molar-refractivity contribution in [3.05, 3.63) is 30.0 Å². The van der Waals surface area contributed by atoms with Crippen molar-refractivity contribution in [2.45, 2.75) is 43.2 Å². The second kappa shape index (κ2) is 5.33. The normalized spacial score (nSPS) is 25.8. The van der Waals surface area contributed by atoms with E-state index in [1.165, 1.54) is 6.42 Å². The number of hydrogen-bond acceptors (Lipinski definition) is 3. The van der Waals surface area contributed by atoms with E-state index in [1.807, 2.05) is 42.8 Å². The Hall–Kier alpha value is -1.37. The van der Waals surface area contributed by atoms with E-state index in [1.54, 1.807) is 4.31 Å². The third kappa shape index (κ3) is 2.31. The van der Waals surface area contributed by atoms with Gasteiger partial charge in [-0.1, -0.05) is 24.6 Å². The zero-order valence-electron chi connectivity index (χ0n) is 13.6.